The molecule has 36 heteroatoms. The van der Waals surface area contributed by atoms with Crippen molar-refractivity contribution in [1.82, 2.24) is 31.9 Å². The van der Waals surface area contributed by atoms with Crippen molar-refractivity contribution in [2.24, 2.45) is 34.4 Å². The van der Waals surface area contributed by atoms with Gasteiger partial charge in [-0.3, -0.25) is 0 Å². The Hall–Kier alpha value is 7.65. The summed E-state index contributed by atoms with van der Waals surface area (Å²) in [5.74, 6) is 4.78. The molecular formula is C30H92Cl12Ge3N12S9-8. The molecule has 0 bridgehead atoms. The molecule has 0 aromatic rings. The van der Waals surface area contributed by atoms with Crippen molar-refractivity contribution in [2.45, 2.75) is 38.5 Å². The first-order valence-electron chi connectivity index (χ1n) is 17.8. The Morgan fingerprint density at radius 3 is 0.424 bits per heavy atom. The molecule has 0 aromatic heterocycles. The van der Waals surface area contributed by atoms with Crippen LogP contribution in [0, 0.1) is 0 Å². The molecule has 0 atom stereocenters. The van der Waals surface area contributed by atoms with Gasteiger partial charge in [0.15, 0.2) is 0 Å². The van der Waals surface area contributed by atoms with Gasteiger partial charge in [-0.2, -0.15) is 34.5 Å². The molecular weight excluding hydrogens is 1460 g/mol. The summed E-state index contributed by atoms with van der Waals surface area (Å²) in [6.45, 7) is 16.3. The van der Waals surface area contributed by atoms with Crippen LogP contribution < -0.4 is 66.3 Å². The van der Waals surface area contributed by atoms with Crippen LogP contribution >= 0.6 is 156 Å². The summed E-state index contributed by atoms with van der Waals surface area (Å²) < 4.78 is 0. The Kier molecular flexibility index (Phi) is 413. The molecule has 0 heterocycles. The van der Waals surface area contributed by atoms with E-state index in [4.69, 9.17) is 110 Å². The second-order valence-electron chi connectivity index (χ2n) is 9.68. The fourth-order valence-electron chi connectivity index (χ4n) is 2.55. The standard InChI is InChI=1S/6C5H14N2S.12ClH.Ge2S.Ge.2H2S/c6*6-2-1-3-7-4-5-8;;;;;;;;;;;;;1-3-2;;;/h6*7-8H,1-6H2;12*1H;;;2*1H2/p-8. The van der Waals surface area contributed by atoms with Crippen LogP contribution in [-0.2, 0) is 103 Å². The van der Waals surface area contributed by atoms with Crippen LogP contribution in [0.1, 0.15) is 38.5 Å². The Bertz CT molecular complexity index is 446. The molecule has 0 fully saturated rings. The van der Waals surface area contributed by atoms with Gasteiger partial charge >= 0.3 is 37.1 Å². The van der Waals surface area contributed by atoms with Gasteiger partial charge in [-0.15, -0.1) is 149 Å². The Morgan fingerprint density at radius 2 is 0.364 bits per heavy atom. The summed E-state index contributed by atoms with van der Waals surface area (Å²) in [4.78, 5) is 0. The van der Waals surface area contributed by atoms with Crippen molar-refractivity contribution >= 4 is 306 Å². The van der Waals surface area contributed by atoms with Crippen LogP contribution in [0.3, 0.4) is 0 Å². The molecule has 12 nitrogen and oxygen atoms in total. The van der Waals surface area contributed by atoms with Gasteiger partial charge in [0, 0.05) is 17.6 Å². The van der Waals surface area contributed by atoms with Gasteiger partial charge in [-0.25, -0.2) is 0 Å². The van der Waals surface area contributed by atoms with E-state index in [0.717, 1.165) is 191 Å². The van der Waals surface area contributed by atoms with E-state index in [0.29, 0.717) is 0 Å². The van der Waals surface area contributed by atoms with Gasteiger partial charge in [0.25, 0.3) is 0 Å². The third kappa shape index (κ3) is 252. The zero-order valence-corrected chi connectivity index (χ0v) is 61.4. The first-order chi connectivity index (χ1) is 24.9. The number of nitrogens with two attached hydrogens (primary N) is 6. The van der Waals surface area contributed by atoms with Gasteiger partial charge in [-0.1, -0.05) is 0 Å². The summed E-state index contributed by atoms with van der Waals surface area (Å²) in [6, 6.07) is 0. The molecule has 0 aliphatic carbocycles. The minimum atomic E-state index is 0. The fourth-order valence-corrected chi connectivity index (χ4v) is 3.41. The summed E-state index contributed by atoms with van der Waals surface area (Å²) in [5, 5.41) is 18.9. The second kappa shape index (κ2) is 187. The first kappa shape index (κ1) is 146. The van der Waals surface area contributed by atoms with Gasteiger partial charge in [-0.05, 0) is 156 Å². The van der Waals surface area contributed by atoms with Crippen molar-refractivity contribution in [3.8, 4) is 0 Å². The zero-order valence-electron chi connectivity index (χ0n) is 37.8. The quantitative estimate of drug-likeness (QED) is 0.0207. The summed E-state index contributed by atoms with van der Waals surface area (Å²) in [5.41, 5.74) is 31.5. The van der Waals surface area contributed by atoms with E-state index in [2.05, 4.69) is 31.9 Å². The maximum atomic E-state index is 5.24. The molecule has 0 aliphatic rings. The van der Waals surface area contributed by atoms with Crippen LogP contribution in [0.4, 0.5) is 0 Å². The van der Waals surface area contributed by atoms with Crippen molar-refractivity contribution in [1.29, 1.82) is 0 Å². The van der Waals surface area contributed by atoms with Crippen LogP contribution in [0.25, 0.3) is 0 Å². The topological polar surface area (TPSA) is 228 Å². The minimum absolute atomic E-state index is 0. The number of rotatable bonds is 30. The maximum absolute atomic E-state index is 5.24. The normalized spacial score (nSPS) is 7.27. The van der Waals surface area contributed by atoms with E-state index in [-0.39, 0.29) is 193 Å². The zero-order chi connectivity index (χ0) is 40.2. The smallest absolute Gasteiger partial charge is 0.813 e. The Labute approximate surface area is 556 Å². The number of nitrogens with one attached hydrogen (secondary N) is 6. The predicted molar refractivity (Wildman–Crippen MR) is 362 cm³/mol. The molecule has 0 aromatic carbocycles. The summed E-state index contributed by atoms with van der Waals surface area (Å²) in [7, 11) is 1.75. The largest absolute Gasteiger partial charge is 0.813 e. The van der Waals surface area contributed by atoms with Gasteiger partial charge in [0.1, 0.15) is 0 Å². The monoisotopic (exact) mass is 1550 g/mol. The van der Waals surface area contributed by atoms with E-state index in [9.17, 15) is 0 Å². The maximum Gasteiger partial charge on any atom is -0.813 e. The molecule has 18 N–H and O–H groups in total. The van der Waals surface area contributed by atoms with Crippen molar-refractivity contribution < 1.29 is 0 Å². The second-order valence-corrected chi connectivity index (χ2v) is 20.3. The molecule has 0 unspecified atom stereocenters. The average molecular weight is 1550 g/mol. The molecule has 430 valence electrons. The van der Waals surface area contributed by atoms with Crippen molar-refractivity contribution in [2.75, 3.05) is 152 Å². The number of thiol groups is 2. The van der Waals surface area contributed by atoms with Crippen LogP contribution in [0.2, 0.25) is 0 Å². The van der Waals surface area contributed by atoms with Crippen molar-refractivity contribution in [3.63, 3.8) is 0 Å². The number of hydrogen-bond acceptors (Lipinski definition) is 20. The molecule has 0 aliphatic heterocycles. The molecule has 0 rings (SSSR count). The molecule has 0 saturated heterocycles. The molecule has 0 spiro atoms. The number of halogens is 12. The predicted octanol–water partition coefficient (Wildman–Crippen LogP) is 0.857. The van der Waals surface area contributed by atoms with Gasteiger partial charge < -0.3 is 169 Å². The Balaban J connectivity index is -0.0000000166. The van der Waals surface area contributed by atoms with Crippen LogP contribution in [-0.4, -0.2) is 200 Å². The molecule has 66 heavy (non-hydrogen) atoms. The SMILES string of the molecule is Cl.Cl.Cl.Cl.Cl.Cl.Cl.Cl.Cl.Cl.Cl.Cl.NCCCNCC[S-].NCCCNCC[S-].NCCCNCC[S-].NCCCNCC[S-].NCCCNCC[S-].NCCCNCC[S-].[Ge].[Ge]=[S]=[Ge].[SH-].[SH-]. The van der Waals surface area contributed by atoms with E-state index >= 15 is 0 Å². The van der Waals surface area contributed by atoms with E-state index in [1.165, 1.54) is 0 Å². The Morgan fingerprint density at radius 1 is 0.273 bits per heavy atom. The van der Waals surface area contributed by atoms with Crippen LogP contribution in [0.5, 0.6) is 0 Å². The third-order valence-corrected chi connectivity index (χ3v) is 6.24. The molecule has 8 radical (unpaired) electrons. The average Bonchev–Trinajstić information content (AvgIpc) is 3.15. The van der Waals surface area contributed by atoms with Crippen LogP contribution in [0.15, 0.2) is 0 Å². The summed E-state index contributed by atoms with van der Waals surface area (Å²) >= 11 is 32.3. The fraction of sp³-hybridized carbons (Fsp3) is 1.00. The van der Waals surface area contributed by atoms with Crippen molar-refractivity contribution in [3.05, 3.63) is 0 Å². The molecule has 0 amide bonds. The van der Waals surface area contributed by atoms with E-state index < -0.39 is 0 Å². The van der Waals surface area contributed by atoms with E-state index in [1.807, 2.05) is 29.7 Å². The minimum Gasteiger partial charge on any atom is -0.813 e. The first-order valence-corrected chi connectivity index (χ1v) is 27.3. The number of hydrogen-bond donors (Lipinski definition) is 12. The third-order valence-electron chi connectivity index (χ3n) is 5.02. The van der Waals surface area contributed by atoms with Gasteiger partial charge in [0.05, 0.1) is 0 Å². The molecule has 0 saturated carbocycles. The summed E-state index contributed by atoms with van der Waals surface area (Å²) in [6.07, 6.45) is 6.31. The van der Waals surface area contributed by atoms with E-state index in [1.54, 1.807) is 7.42 Å². The van der Waals surface area contributed by atoms with Gasteiger partial charge in [0.2, 0.25) is 0 Å².